The third-order valence-electron chi connectivity index (χ3n) is 5.32. The standard InChI is InChI=1S/C22H24N4O2/c27-19-10-8-17(9-11-19)20-13-21(25-24-20)22(28)26(18-6-2-1-3-7-18)15-16-5-4-12-23-14-16/h4-5,8-14,18,27H,1-3,6-7,15H2,(H,24,25). The maximum atomic E-state index is 13.3. The number of aromatic hydroxyl groups is 1. The van der Waals surface area contributed by atoms with Crippen LogP contribution in [0, 0.1) is 0 Å². The Labute approximate surface area is 164 Å². The van der Waals surface area contributed by atoms with E-state index in [9.17, 15) is 9.90 Å². The number of pyridine rings is 1. The Hall–Kier alpha value is -3.15. The second kappa shape index (κ2) is 8.25. The van der Waals surface area contributed by atoms with Gasteiger partial charge in [0, 0.05) is 30.5 Å². The van der Waals surface area contributed by atoms with Crippen molar-refractivity contribution in [1.29, 1.82) is 0 Å². The zero-order valence-electron chi connectivity index (χ0n) is 15.7. The third-order valence-corrected chi connectivity index (χ3v) is 5.32. The first kappa shape index (κ1) is 18.2. The first-order valence-corrected chi connectivity index (χ1v) is 9.75. The molecule has 1 aliphatic carbocycles. The lowest BCUT2D eigenvalue weighted by Gasteiger charge is -2.34. The van der Waals surface area contributed by atoms with Crippen molar-refractivity contribution in [3.63, 3.8) is 0 Å². The maximum absolute atomic E-state index is 13.3. The van der Waals surface area contributed by atoms with Crippen LogP contribution in [0.1, 0.15) is 48.2 Å². The number of aromatic amines is 1. The molecule has 1 aromatic carbocycles. The van der Waals surface area contributed by atoms with Crippen molar-refractivity contribution in [2.24, 2.45) is 0 Å². The van der Waals surface area contributed by atoms with Crippen molar-refractivity contribution < 1.29 is 9.90 Å². The molecule has 6 heteroatoms. The lowest BCUT2D eigenvalue weighted by atomic mass is 9.93. The van der Waals surface area contributed by atoms with E-state index in [4.69, 9.17) is 0 Å². The van der Waals surface area contributed by atoms with Gasteiger partial charge >= 0.3 is 0 Å². The van der Waals surface area contributed by atoms with E-state index < -0.39 is 0 Å². The van der Waals surface area contributed by atoms with Crippen LogP contribution in [0.15, 0.2) is 54.9 Å². The SMILES string of the molecule is O=C(c1cc(-c2ccc(O)cc2)n[nH]1)N(Cc1cccnc1)C1CCCCC1. The van der Waals surface area contributed by atoms with Crippen LogP contribution in [-0.4, -0.2) is 37.1 Å². The highest BCUT2D eigenvalue weighted by molar-refractivity contribution is 5.93. The summed E-state index contributed by atoms with van der Waals surface area (Å²) in [6.07, 6.45) is 9.18. The van der Waals surface area contributed by atoms with Crippen LogP contribution in [0.5, 0.6) is 5.75 Å². The quantitative estimate of drug-likeness (QED) is 0.701. The van der Waals surface area contributed by atoms with Gasteiger partial charge in [0.1, 0.15) is 11.4 Å². The van der Waals surface area contributed by atoms with Gasteiger partial charge in [-0.1, -0.05) is 25.3 Å². The van der Waals surface area contributed by atoms with Gasteiger partial charge in [0.2, 0.25) is 0 Å². The number of amides is 1. The Morgan fingerprint density at radius 3 is 2.64 bits per heavy atom. The van der Waals surface area contributed by atoms with Crippen molar-refractivity contribution in [2.75, 3.05) is 0 Å². The number of hydrogen-bond donors (Lipinski definition) is 2. The molecule has 2 aromatic heterocycles. The van der Waals surface area contributed by atoms with Crippen molar-refractivity contribution in [2.45, 2.75) is 44.7 Å². The van der Waals surface area contributed by atoms with Crippen molar-refractivity contribution in [3.8, 4) is 17.0 Å². The summed E-state index contributed by atoms with van der Waals surface area (Å²) < 4.78 is 0. The molecule has 1 saturated carbocycles. The van der Waals surface area contributed by atoms with Gasteiger partial charge in [-0.3, -0.25) is 14.9 Å². The van der Waals surface area contributed by atoms with E-state index in [1.165, 1.54) is 6.42 Å². The number of hydrogen-bond acceptors (Lipinski definition) is 4. The van der Waals surface area contributed by atoms with Crippen molar-refractivity contribution in [1.82, 2.24) is 20.1 Å². The first-order valence-electron chi connectivity index (χ1n) is 9.75. The van der Waals surface area contributed by atoms with E-state index in [0.29, 0.717) is 17.9 Å². The van der Waals surface area contributed by atoms with Crippen LogP contribution in [-0.2, 0) is 6.54 Å². The van der Waals surface area contributed by atoms with Gasteiger partial charge in [0.15, 0.2) is 0 Å². The highest BCUT2D eigenvalue weighted by Crippen LogP contribution is 2.26. The third kappa shape index (κ3) is 4.06. The second-order valence-electron chi connectivity index (χ2n) is 7.30. The molecule has 1 aliphatic rings. The number of benzene rings is 1. The van der Waals surface area contributed by atoms with E-state index in [-0.39, 0.29) is 17.7 Å². The summed E-state index contributed by atoms with van der Waals surface area (Å²) in [4.78, 5) is 19.5. The molecule has 6 nitrogen and oxygen atoms in total. The topological polar surface area (TPSA) is 82.1 Å². The molecule has 3 aromatic rings. The minimum atomic E-state index is -0.0340. The number of rotatable bonds is 5. The number of aromatic nitrogens is 3. The zero-order valence-corrected chi connectivity index (χ0v) is 15.7. The Morgan fingerprint density at radius 1 is 1.14 bits per heavy atom. The summed E-state index contributed by atoms with van der Waals surface area (Å²) in [6, 6.07) is 12.7. The van der Waals surface area contributed by atoms with E-state index in [1.54, 1.807) is 36.5 Å². The van der Waals surface area contributed by atoms with E-state index in [1.807, 2.05) is 23.2 Å². The van der Waals surface area contributed by atoms with E-state index >= 15 is 0 Å². The van der Waals surface area contributed by atoms with Crippen LogP contribution >= 0.6 is 0 Å². The highest BCUT2D eigenvalue weighted by Gasteiger charge is 2.27. The monoisotopic (exact) mass is 376 g/mol. The second-order valence-corrected chi connectivity index (χ2v) is 7.30. The van der Waals surface area contributed by atoms with E-state index in [2.05, 4.69) is 15.2 Å². The molecule has 0 spiro atoms. The molecule has 0 aliphatic heterocycles. The number of carbonyl (C=O) groups is 1. The number of phenols is 1. The predicted molar refractivity (Wildman–Crippen MR) is 107 cm³/mol. The van der Waals surface area contributed by atoms with Crippen LogP contribution < -0.4 is 0 Å². The molecule has 28 heavy (non-hydrogen) atoms. The average molecular weight is 376 g/mol. The smallest absolute Gasteiger partial charge is 0.272 e. The maximum Gasteiger partial charge on any atom is 0.272 e. The molecule has 144 valence electrons. The van der Waals surface area contributed by atoms with Crippen molar-refractivity contribution in [3.05, 3.63) is 66.1 Å². The fraction of sp³-hybridized carbons (Fsp3) is 0.318. The number of carbonyl (C=O) groups excluding carboxylic acids is 1. The van der Waals surface area contributed by atoms with Gasteiger partial charge in [0.05, 0.1) is 5.69 Å². The summed E-state index contributed by atoms with van der Waals surface area (Å²) in [6.45, 7) is 0.547. The molecule has 0 bridgehead atoms. The number of phenolic OH excluding ortho intramolecular Hbond substituents is 1. The average Bonchev–Trinajstić information content (AvgIpc) is 3.24. The van der Waals surface area contributed by atoms with Gasteiger partial charge in [0.25, 0.3) is 5.91 Å². The van der Waals surface area contributed by atoms with Gasteiger partial charge < -0.3 is 10.0 Å². The summed E-state index contributed by atoms with van der Waals surface area (Å²) in [5.74, 6) is 0.170. The minimum Gasteiger partial charge on any atom is -0.508 e. The largest absolute Gasteiger partial charge is 0.508 e. The molecule has 0 saturated heterocycles. The zero-order chi connectivity index (χ0) is 19.3. The summed E-state index contributed by atoms with van der Waals surface area (Å²) >= 11 is 0. The number of nitrogens with one attached hydrogen (secondary N) is 1. The van der Waals surface area contributed by atoms with Gasteiger partial charge in [-0.2, -0.15) is 5.10 Å². The number of H-pyrrole nitrogens is 1. The molecule has 0 radical (unpaired) electrons. The first-order chi connectivity index (χ1) is 13.7. The van der Waals surface area contributed by atoms with Gasteiger partial charge in [-0.15, -0.1) is 0 Å². The molecule has 1 amide bonds. The molecule has 2 N–H and O–H groups in total. The Balaban J connectivity index is 1.58. The molecule has 2 heterocycles. The normalized spacial score (nSPS) is 14.7. The lowest BCUT2D eigenvalue weighted by Crippen LogP contribution is -2.41. The fourth-order valence-corrected chi connectivity index (χ4v) is 3.81. The molecule has 1 fully saturated rings. The number of nitrogens with zero attached hydrogens (tertiary/aromatic N) is 3. The molecular formula is C22H24N4O2. The van der Waals surface area contributed by atoms with Crippen LogP contribution in [0.25, 0.3) is 11.3 Å². The Bertz CT molecular complexity index is 915. The van der Waals surface area contributed by atoms with Crippen LogP contribution in [0.4, 0.5) is 0 Å². The molecule has 4 rings (SSSR count). The van der Waals surface area contributed by atoms with Crippen molar-refractivity contribution >= 4 is 5.91 Å². The predicted octanol–water partition coefficient (Wildman–Crippen LogP) is 4.15. The Morgan fingerprint density at radius 2 is 1.93 bits per heavy atom. The van der Waals surface area contributed by atoms with Crippen LogP contribution in [0.3, 0.4) is 0 Å². The molecular weight excluding hydrogens is 352 g/mol. The Kier molecular flexibility index (Phi) is 5.37. The lowest BCUT2D eigenvalue weighted by molar-refractivity contribution is 0.0608. The summed E-state index contributed by atoms with van der Waals surface area (Å²) in [5.41, 5.74) is 3.05. The summed E-state index contributed by atoms with van der Waals surface area (Å²) in [5, 5.41) is 16.7. The fourth-order valence-electron chi connectivity index (χ4n) is 3.81. The van der Waals surface area contributed by atoms with Gasteiger partial charge in [-0.05, 0) is 54.8 Å². The minimum absolute atomic E-state index is 0.0340. The summed E-state index contributed by atoms with van der Waals surface area (Å²) in [7, 11) is 0. The molecule has 0 unspecified atom stereocenters. The van der Waals surface area contributed by atoms with Gasteiger partial charge in [-0.25, -0.2) is 0 Å². The van der Waals surface area contributed by atoms with E-state index in [0.717, 1.165) is 36.8 Å². The molecule has 0 atom stereocenters. The van der Waals surface area contributed by atoms with Crippen LogP contribution in [0.2, 0.25) is 0 Å². The highest BCUT2D eigenvalue weighted by atomic mass is 16.3.